The molecule has 11 nitrogen and oxygen atoms in total. The Morgan fingerprint density at radius 1 is 1.18 bits per heavy atom. The van der Waals surface area contributed by atoms with Crippen LogP contribution >= 0.6 is 0 Å². The Kier molecular flexibility index (Phi) is 6.90. The topological polar surface area (TPSA) is 159 Å². The molecule has 0 aromatic heterocycles. The van der Waals surface area contributed by atoms with Crippen molar-refractivity contribution in [2.45, 2.75) is 41.4 Å². The largest absolute Gasteiger partial charge is 0.485 e. The zero-order valence-electron chi connectivity index (χ0n) is 18.7. The monoisotopic (exact) mass is 512 g/mol. The summed E-state index contributed by atoms with van der Waals surface area (Å²) in [4.78, 5) is 22.3. The molecule has 0 saturated heterocycles. The quantitative estimate of drug-likeness (QED) is 0.334. The second-order valence-electron chi connectivity index (χ2n) is 8.49. The number of nitro groups is 1. The number of carbonyl (C=O) groups excluding carboxylic acids is 1. The van der Waals surface area contributed by atoms with Gasteiger partial charge in [0.25, 0.3) is 0 Å². The van der Waals surface area contributed by atoms with Crippen molar-refractivity contribution in [3.63, 3.8) is 0 Å². The summed E-state index contributed by atoms with van der Waals surface area (Å²) in [6.07, 6.45) is -0.709. The number of nitrogens with one attached hydrogen (secondary N) is 1. The molecule has 0 saturated carbocycles. The summed E-state index contributed by atoms with van der Waals surface area (Å²) in [7, 11) is -8.35. The number of rotatable bonds is 7. The van der Waals surface area contributed by atoms with E-state index in [2.05, 4.69) is 5.32 Å². The molecule has 3 rings (SSSR count). The van der Waals surface area contributed by atoms with Crippen LogP contribution in [0.1, 0.15) is 31.6 Å². The number of fused-ring (bicyclic) bond motifs is 1. The van der Waals surface area contributed by atoms with Crippen molar-refractivity contribution in [3.8, 4) is 5.75 Å². The zero-order chi connectivity index (χ0) is 25.3. The summed E-state index contributed by atoms with van der Waals surface area (Å²) in [5.41, 5.74) is -1.87. The Morgan fingerprint density at radius 2 is 1.82 bits per heavy atom. The van der Waals surface area contributed by atoms with E-state index in [0.29, 0.717) is 0 Å². The van der Waals surface area contributed by atoms with Crippen LogP contribution in [0.4, 0.5) is 10.5 Å². The molecule has 34 heavy (non-hydrogen) atoms. The number of alkyl carbamates (subject to hydrolysis) is 1. The second-order valence-corrected chi connectivity index (χ2v) is 12.6. The lowest BCUT2D eigenvalue weighted by Gasteiger charge is -2.19. The van der Waals surface area contributed by atoms with E-state index in [1.807, 2.05) is 0 Å². The Bertz CT molecular complexity index is 1320. The van der Waals surface area contributed by atoms with Crippen LogP contribution in [-0.4, -0.2) is 52.4 Å². The minimum atomic E-state index is -4.26. The number of ether oxygens (including phenoxy) is 2. The maximum absolute atomic E-state index is 13.2. The smallest absolute Gasteiger partial charge is 0.407 e. The Balaban J connectivity index is 1.94. The van der Waals surface area contributed by atoms with Gasteiger partial charge in [-0.15, -0.1) is 0 Å². The van der Waals surface area contributed by atoms with E-state index in [1.54, 1.807) is 26.8 Å². The summed E-state index contributed by atoms with van der Waals surface area (Å²) in [5, 5.41) is 12.7. The lowest BCUT2D eigenvalue weighted by molar-refractivity contribution is -0.386. The van der Waals surface area contributed by atoms with Gasteiger partial charge in [-0.3, -0.25) is 10.1 Å². The highest BCUT2D eigenvalue weighted by molar-refractivity contribution is 7.96. The third-order valence-corrected chi connectivity index (χ3v) is 8.91. The number of hydrogen-bond donors (Lipinski definition) is 1. The van der Waals surface area contributed by atoms with Crippen molar-refractivity contribution < 1.29 is 36.0 Å². The molecule has 0 aliphatic carbocycles. The molecule has 2 aromatic carbocycles. The minimum absolute atomic E-state index is 0.0623. The highest BCUT2D eigenvalue weighted by Gasteiger charge is 2.48. The molecule has 1 aliphatic heterocycles. The fraction of sp³-hybridized carbons (Fsp3) is 0.381. The molecule has 1 N–H and O–H groups in total. The molecular formula is C21H24N2O9S2. The summed E-state index contributed by atoms with van der Waals surface area (Å²) in [6.45, 7) is 4.79. The van der Waals surface area contributed by atoms with Crippen molar-refractivity contribution in [1.29, 1.82) is 0 Å². The van der Waals surface area contributed by atoms with Gasteiger partial charge in [-0.2, -0.15) is 0 Å². The third-order valence-electron chi connectivity index (χ3n) is 4.82. The highest BCUT2D eigenvalue weighted by Crippen LogP contribution is 2.48. The first-order valence-electron chi connectivity index (χ1n) is 10.2. The van der Waals surface area contributed by atoms with Gasteiger partial charge in [-0.05, 0) is 45.0 Å². The number of amides is 1. The SMILES string of the molecule is CC(C)(C)OC(=O)NCCOc1ccc2c(c1[N+](=O)[O-])C(S(=O)(=O)c1ccccc1)CS2(=O)=O. The maximum atomic E-state index is 13.2. The lowest BCUT2D eigenvalue weighted by Crippen LogP contribution is -2.34. The van der Waals surface area contributed by atoms with Gasteiger partial charge in [0, 0.05) is 0 Å². The summed E-state index contributed by atoms with van der Waals surface area (Å²) in [6, 6.07) is 9.36. The van der Waals surface area contributed by atoms with Gasteiger partial charge >= 0.3 is 11.8 Å². The van der Waals surface area contributed by atoms with Gasteiger partial charge in [0.05, 0.1) is 32.6 Å². The summed E-state index contributed by atoms with van der Waals surface area (Å²) in [5.74, 6) is -1.12. The van der Waals surface area contributed by atoms with E-state index in [-0.39, 0.29) is 23.8 Å². The molecule has 184 valence electrons. The van der Waals surface area contributed by atoms with Gasteiger partial charge in [0.2, 0.25) is 0 Å². The molecular weight excluding hydrogens is 488 g/mol. The number of carbonyl (C=O) groups is 1. The average molecular weight is 513 g/mol. The standard InChI is InChI=1S/C21H24N2O9S2/c1-21(2,3)32-20(24)22-11-12-31-15-9-10-16-18(19(15)23(25)26)17(13-33(16,27)28)34(29,30)14-7-5-4-6-8-14/h4-10,17H,11-13H2,1-3H3,(H,22,24). The van der Waals surface area contributed by atoms with Gasteiger partial charge in [0.1, 0.15) is 17.5 Å². The number of benzene rings is 2. The molecule has 1 amide bonds. The molecule has 0 radical (unpaired) electrons. The van der Waals surface area contributed by atoms with Crippen LogP contribution in [0, 0.1) is 10.1 Å². The molecule has 1 aliphatic rings. The first kappa shape index (κ1) is 25.4. The van der Waals surface area contributed by atoms with Crippen LogP contribution < -0.4 is 10.1 Å². The van der Waals surface area contributed by atoms with Crippen molar-refractivity contribution in [1.82, 2.24) is 5.32 Å². The molecule has 1 atom stereocenters. The number of sulfone groups is 2. The van der Waals surface area contributed by atoms with Crippen molar-refractivity contribution >= 4 is 31.5 Å². The second kappa shape index (κ2) is 9.22. The van der Waals surface area contributed by atoms with Crippen molar-refractivity contribution in [2.24, 2.45) is 0 Å². The lowest BCUT2D eigenvalue weighted by atomic mass is 10.1. The van der Waals surface area contributed by atoms with Gasteiger partial charge < -0.3 is 14.8 Å². The van der Waals surface area contributed by atoms with Crippen LogP contribution in [0.2, 0.25) is 0 Å². The minimum Gasteiger partial charge on any atom is -0.485 e. The highest BCUT2D eigenvalue weighted by atomic mass is 32.2. The van der Waals surface area contributed by atoms with Crippen LogP contribution in [-0.2, 0) is 24.4 Å². The molecule has 13 heteroatoms. The average Bonchev–Trinajstić information content (AvgIpc) is 3.01. The molecule has 0 fully saturated rings. The van der Waals surface area contributed by atoms with Crippen LogP contribution in [0.25, 0.3) is 0 Å². The van der Waals surface area contributed by atoms with Crippen molar-refractivity contribution in [3.05, 3.63) is 58.1 Å². The fourth-order valence-corrected chi connectivity index (χ4v) is 7.81. The normalized spacial score (nSPS) is 17.0. The number of nitrogens with zero attached hydrogens (tertiary/aromatic N) is 1. The van der Waals surface area contributed by atoms with Gasteiger partial charge in [-0.1, -0.05) is 18.2 Å². The predicted molar refractivity (Wildman–Crippen MR) is 121 cm³/mol. The molecule has 1 unspecified atom stereocenters. The van der Waals surface area contributed by atoms with Gasteiger partial charge in [0.15, 0.2) is 25.4 Å². The molecule has 0 bridgehead atoms. The van der Waals surface area contributed by atoms with Crippen LogP contribution in [0.15, 0.2) is 52.3 Å². The first-order chi connectivity index (χ1) is 15.7. The molecule has 2 aromatic rings. The molecule has 1 heterocycles. The number of nitro benzene ring substituents is 1. The number of hydrogen-bond acceptors (Lipinski definition) is 9. The summed E-state index contributed by atoms with van der Waals surface area (Å²) < 4.78 is 62.4. The van der Waals surface area contributed by atoms with E-state index in [1.165, 1.54) is 24.3 Å². The Labute approximate surface area is 197 Å². The van der Waals surface area contributed by atoms with E-state index < -0.39 is 63.4 Å². The fourth-order valence-electron chi connectivity index (χ4n) is 3.48. The van der Waals surface area contributed by atoms with E-state index >= 15 is 0 Å². The Morgan fingerprint density at radius 3 is 2.41 bits per heavy atom. The first-order valence-corrected chi connectivity index (χ1v) is 13.4. The molecule has 0 spiro atoms. The van der Waals surface area contributed by atoms with Crippen LogP contribution in [0.5, 0.6) is 5.75 Å². The Hall–Kier alpha value is -3.19. The zero-order valence-corrected chi connectivity index (χ0v) is 20.3. The van der Waals surface area contributed by atoms with E-state index in [0.717, 1.165) is 12.1 Å². The predicted octanol–water partition coefficient (Wildman–Crippen LogP) is 2.80. The van der Waals surface area contributed by atoms with Crippen molar-refractivity contribution in [2.75, 3.05) is 18.9 Å². The van der Waals surface area contributed by atoms with Crippen LogP contribution in [0.3, 0.4) is 0 Å². The van der Waals surface area contributed by atoms with Gasteiger partial charge in [-0.25, -0.2) is 21.6 Å². The van der Waals surface area contributed by atoms with E-state index in [9.17, 15) is 31.7 Å². The summed E-state index contributed by atoms with van der Waals surface area (Å²) >= 11 is 0. The van der Waals surface area contributed by atoms with E-state index in [4.69, 9.17) is 9.47 Å². The third kappa shape index (κ3) is 5.30. The maximum Gasteiger partial charge on any atom is 0.407 e.